The highest BCUT2D eigenvalue weighted by Crippen LogP contribution is 2.34. The van der Waals surface area contributed by atoms with Gasteiger partial charge in [-0.2, -0.15) is 0 Å². The summed E-state index contributed by atoms with van der Waals surface area (Å²) in [4.78, 5) is 2.56. The Morgan fingerprint density at radius 3 is 2.72 bits per heavy atom. The Morgan fingerprint density at radius 2 is 2.06 bits per heavy atom. The molecule has 1 aromatic rings. The molecular formula is C16H24N2. The van der Waals surface area contributed by atoms with Crippen molar-refractivity contribution in [3.8, 4) is 0 Å². The van der Waals surface area contributed by atoms with Crippen LogP contribution in [0.4, 0.5) is 5.69 Å². The number of nitrogens with one attached hydrogen (secondary N) is 1. The number of hydrogen-bond acceptors (Lipinski definition) is 2. The minimum atomic E-state index is 0.469. The maximum atomic E-state index is 3.63. The van der Waals surface area contributed by atoms with E-state index in [-0.39, 0.29) is 0 Å². The number of benzene rings is 1. The van der Waals surface area contributed by atoms with E-state index in [2.05, 4.69) is 48.3 Å². The predicted octanol–water partition coefficient (Wildman–Crippen LogP) is 3.17. The summed E-state index contributed by atoms with van der Waals surface area (Å²) in [5.41, 5.74) is 3.37. The van der Waals surface area contributed by atoms with Gasteiger partial charge in [0.15, 0.2) is 0 Å². The molecule has 2 fully saturated rings. The average molecular weight is 244 g/mol. The van der Waals surface area contributed by atoms with E-state index in [1.807, 2.05) is 0 Å². The molecule has 0 unspecified atom stereocenters. The number of nitrogens with zero attached hydrogens (tertiary/aromatic N) is 1. The number of rotatable bonds is 4. The van der Waals surface area contributed by atoms with Crippen molar-refractivity contribution in [1.82, 2.24) is 5.32 Å². The van der Waals surface area contributed by atoms with Crippen molar-refractivity contribution < 1.29 is 0 Å². The lowest BCUT2D eigenvalue weighted by atomic mass is 9.93. The van der Waals surface area contributed by atoms with Crippen molar-refractivity contribution in [2.45, 2.75) is 45.7 Å². The first-order chi connectivity index (χ1) is 8.64. The summed E-state index contributed by atoms with van der Waals surface area (Å²) < 4.78 is 0. The Balaban J connectivity index is 1.73. The number of para-hydroxylation sites is 1. The zero-order valence-corrected chi connectivity index (χ0v) is 11.6. The summed E-state index contributed by atoms with van der Waals surface area (Å²) >= 11 is 0. The van der Waals surface area contributed by atoms with Crippen molar-refractivity contribution >= 4 is 5.69 Å². The van der Waals surface area contributed by atoms with Gasteiger partial charge in [-0.1, -0.05) is 32.0 Å². The fraction of sp³-hybridized carbons (Fsp3) is 0.625. The van der Waals surface area contributed by atoms with Crippen molar-refractivity contribution in [2.24, 2.45) is 5.41 Å². The molecule has 1 saturated carbocycles. The largest absolute Gasteiger partial charge is 0.371 e. The van der Waals surface area contributed by atoms with E-state index in [9.17, 15) is 0 Å². The molecule has 2 nitrogen and oxygen atoms in total. The van der Waals surface area contributed by atoms with Crippen LogP contribution < -0.4 is 10.2 Å². The lowest BCUT2D eigenvalue weighted by Crippen LogP contribution is -2.25. The lowest BCUT2D eigenvalue weighted by Gasteiger charge is -2.24. The molecule has 1 aliphatic heterocycles. The predicted molar refractivity (Wildman–Crippen MR) is 76.9 cm³/mol. The van der Waals surface area contributed by atoms with Gasteiger partial charge in [0, 0.05) is 31.4 Å². The minimum Gasteiger partial charge on any atom is -0.371 e. The van der Waals surface area contributed by atoms with Crippen molar-refractivity contribution in [3.05, 3.63) is 29.8 Å². The molecule has 2 aliphatic rings. The molecule has 1 heterocycles. The molecule has 18 heavy (non-hydrogen) atoms. The second kappa shape index (κ2) is 4.58. The van der Waals surface area contributed by atoms with Crippen molar-refractivity contribution in [2.75, 3.05) is 18.0 Å². The molecule has 0 spiro atoms. The molecule has 1 N–H and O–H groups in total. The van der Waals surface area contributed by atoms with Gasteiger partial charge in [0.25, 0.3) is 0 Å². The van der Waals surface area contributed by atoms with E-state index in [0.717, 1.165) is 12.6 Å². The van der Waals surface area contributed by atoms with E-state index >= 15 is 0 Å². The quantitative estimate of drug-likeness (QED) is 0.875. The van der Waals surface area contributed by atoms with Crippen LogP contribution in [0.2, 0.25) is 0 Å². The summed E-state index contributed by atoms with van der Waals surface area (Å²) in [6.45, 7) is 8.16. The summed E-state index contributed by atoms with van der Waals surface area (Å²) in [5, 5.41) is 3.63. The molecule has 0 radical (unpaired) electrons. The van der Waals surface area contributed by atoms with Gasteiger partial charge >= 0.3 is 0 Å². The molecule has 0 aromatic heterocycles. The van der Waals surface area contributed by atoms with Crippen LogP contribution in [-0.2, 0) is 6.54 Å². The first kappa shape index (κ1) is 12.0. The Labute approximate surface area is 110 Å². The van der Waals surface area contributed by atoms with E-state index in [0.29, 0.717) is 5.41 Å². The molecule has 0 bridgehead atoms. The lowest BCUT2D eigenvalue weighted by molar-refractivity contribution is 0.418. The fourth-order valence-electron chi connectivity index (χ4n) is 2.83. The van der Waals surface area contributed by atoms with Gasteiger partial charge in [-0.25, -0.2) is 0 Å². The van der Waals surface area contributed by atoms with Gasteiger partial charge in [-0.05, 0) is 36.3 Å². The van der Waals surface area contributed by atoms with Gasteiger partial charge in [0.05, 0.1) is 0 Å². The van der Waals surface area contributed by atoms with Gasteiger partial charge in [0.1, 0.15) is 0 Å². The van der Waals surface area contributed by atoms with Crippen LogP contribution in [0, 0.1) is 5.41 Å². The van der Waals surface area contributed by atoms with Crippen LogP contribution in [0.1, 0.15) is 38.7 Å². The maximum Gasteiger partial charge on any atom is 0.0412 e. The van der Waals surface area contributed by atoms with Gasteiger partial charge in [-0.15, -0.1) is 0 Å². The third-order valence-corrected chi connectivity index (χ3v) is 4.17. The van der Waals surface area contributed by atoms with Crippen LogP contribution in [0.3, 0.4) is 0 Å². The zero-order chi connectivity index (χ0) is 12.6. The van der Waals surface area contributed by atoms with E-state index in [1.165, 1.54) is 43.6 Å². The van der Waals surface area contributed by atoms with Crippen LogP contribution in [0.15, 0.2) is 24.3 Å². The first-order valence-corrected chi connectivity index (χ1v) is 7.20. The minimum absolute atomic E-state index is 0.469. The molecule has 1 aliphatic carbocycles. The molecule has 1 saturated heterocycles. The van der Waals surface area contributed by atoms with E-state index < -0.39 is 0 Å². The first-order valence-electron chi connectivity index (χ1n) is 7.20. The van der Waals surface area contributed by atoms with Crippen molar-refractivity contribution in [1.29, 1.82) is 0 Å². The smallest absolute Gasteiger partial charge is 0.0412 e. The van der Waals surface area contributed by atoms with Crippen LogP contribution in [-0.4, -0.2) is 19.1 Å². The average Bonchev–Trinajstić information content (AvgIpc) is 3.10. The van der Waals surface area contributed by atoms with E-state index in [1.54, 1.807) is 0 Å². The van der Waals surface area contributed by atoms with Crippen LogP contribution in [0.5, 0.6) is 0 Å². The Bertz CT molecular complexity index is 421. The van der Waals surface area contributed by atoms with Gasteiger partial charge in [0.2, 0.25) is 0 Å². The third-order valence-electron chi connectivity index (χ3n) is 4.17. The standard InChI is InChI=1S/C16H24N2/c1-16(2)9-10-18(12-16)15-6-4-3-5-13(15)11-17-14-7-8-14/h3-6,14,17H,7-12H2,1-2H3. The summed E-state index contributed by atoms with van der Waals surface area (Å²) in [7, 11) is 0. The zero-order valence-electron chi connectivity index (χ0n) is 11.6. The highest BCUT2D eigenvalue weighted by Gasteiger charge is 2.30. The molecule has 1 aromatic carbocycles. The van der Waals surface area contributed by atoms with Gasteiger partial charge in [-0.3, -0.25) is 0 Å². The normalized spacial score (nSPS) is 22.4. The molecule has 3 rings (SSSR count). The van der Waals surface area contributed by atoms with Crippen LogP contribution in [0.25, 0.3) is 0 Å². The third kappa shape index (κ3) is 2.69. The SMILES string of the molecule is CC1(C)CCN(c2ccccc2CNC2CC2)C1. The molecule has 0 atom stereocenters. The molecular weight excluding hydrogens is 220 g/mol. The Morgan fingerprint density at radius 1 is 1.28 bits per heavy atom. The highest BCUT2D eigenvalue weighted by molar-refractivity contribution is 5.54. The summed E-state index contributed by atoms with van der Waals surface area (Å²) in [6.07, 6.45) is 4.02. The fourth-order valence-corrected chi connectivity index (χ4v) is 2.83. The Kier molecular flexibility index (Phi) is 3.06. The molecule has 0 amide bonds. The number of anilines is 1. The molecule has 98 valence electrons. The Hall–Kier alpha value is -1.02. The van der Waals surface area contributed by atoms with Crippen molar-refractivity contribution in [3.63, 3.8) is 0 Å². The summed E-state index contributed by atoms with van der Waals surface area (Å²) in [6, 6.07) is 9.67. The maximum absolute atomic E-state index is 3.63. The highest BCUT2D eigenvalue weighted by atomic mass is 15.2. The van der Waals surface area contributed by atoms with Crippen LogP contribution >= 0.6 is 0 Å². The monoisotopic (exact) mass is 244 g/mol. The summed E-state index contributed by atoms with van der Waals surface area (Å²) in [5.74, 6) is 0. The molecule has 2 heteroatoms. The second-order valence-electron chi connectivity index (χ2n) is 6.62. The van der Waals surface area contributed by atoms with E-state index in [4.69, 9.17) is 0 Å². The number of hydrogen-bond donors (Lipinski definition) is 1. The second-order valence-corrected chi connectivity index (χ2v) is 6.62. The topological polar surface area (TPSA) is 15.3 Å². The van der Waals surface area contributed by atoms with Gasteiger partial charge < -0.3 is 10.2 Å².